The zero-order valence-corrected chi connectivity index (χ0v) is 17.5. The maximum atomic E-state index is 13.1. The SMILES string of the molecule is CCN(CC)C(=O)C(c1ccccc1)N(C)CC(=O)Nc1cccc(C)c1C. The second-order valence-electron chi connectivity index (χ2n) is 7.03. The van der Waals surface area contributed by atoms with Crippen molar-refractivity contribution in [3.05, 3.63) is 65.2 Å². The number of anilines is 1. The van der Waals surface area contributed by atoms with Crippen LogP contribution in [0.1, 0.15) is 36.6 Å². The summed E-state index contributed by atoms with van der Waals surface area (Å²) in [5.41, 5.74) is 3.88. The molecule has 28 heavy (non-hydrogen) atoms. The van der Waals surface area contributed by atoms with Gasteiger partial charge >= 0.3 is 0 Å². The Hall–Kier alpha value is -2.66. The Morgan fingerprint density at radius 3 is 2.21 bits per heavy atom. The summed E-state index contributed by atoms with van der Waals surface area (Å²) in [6, 6.07) is 15.0. The Labute approximate surface area is 168 Å². The number of hydrogen-bond acceptors (Lipinski definition) is 3. The molecule has 0 saturated heterocycles. The van der Waals surface area contributed by atoms with Crippen LogP contribution in [0.3, 0.4) is 0 Å². The first-order chi connectivity index (χ1) is 13.4. The molecule has 1 atom stereocenters. The average molecular weight is 382 g/mol. The number of benzene rings is 2. The molecule has 0 aliphatic carbocycles. The second-order valence-corrected chi connectivity index (χ2v) is 7.03. The van der Waals surface area contributed by atoms with Crippen LogP contribution in [0.25, 0.3) is 0 Å². The maximum absolute atomic E-state index is 13.1. The molecule has 0 aromatic heterocycles. The molecule has 5 heteroatoms. The van der Waals surface area contributed by atoms with E-state index in [2.05, 4.69) is 5.32 Å². The van der Waals surface area contributed by atoms with Crippen molar-refractivity contribution in [1.29, 1.82) is 0 Å². The van der Waals surface area contributed by atoms with Crippen LogP contribution in [-0.4, -0.2) is 48.3 Å². The first kappa shape index (κ1) is 21.6. The molecular formula is C23H31N3O2. The molecule has 1 unspecified atom stereocenters. The van der Waals surface area contributed by atoms with Crippen LogP contribution in [0.15, 0.2) is 48.5 Å². The van der Waals surface area contributed by atoms with Crippen LogP contribution in [-0.2, 0) is 9.59 Å². The average Bonchev–Trinajstić information content (AvgIpc) is 2.67. The van der Waals surface area contributed by atoms with Crippen molar-refractivity contribution in [2.75, 3.05) is 32.0 Å². The quantitative estimate of drug-likeness (QED) is 0.757. The lowest BCUT2D eigenvalue weighted by Gasteiger charge is -2.31. The van der Waals surface area contributed by atoms with Gasteiger partial charge < -0.3 is 10.2 Å². The lowest BCUT2D eigenvalue weighted by molar-refractivity contribution is -0.137. The third kappa shape index (κ3) is 5.20. The Kier molecular flexibility index (Phi) is 7.76. The lowest BCUT2D eigenvalue weighted by Crippen LogP contribution is -2.44. The van der Waals surface area contributed by atoms with Gasteiger partial charge in [-0.05, 0) is 57.5 Å². The molecule has 2 rings (SSSR count). The zero-order valence-electron chi connectivity index (χ0n) is 17.5. The smallest absolute Gasteiger partial charge is 0.244 e. The van der Waals surface area contributed by atoms with Gasteiger partial charge in [0.05, 0.1) is 6.54 Å². The van der Waals surface area contributed by atoms with Gasteiger partial charge in [0, 0.05) is 18.8 Å². The van der Waals surface area contributed by atoms with Gasteiger partial charge in [-0.2, -0.15) is 0 Å². The third-order valence-corrected chi connectivity index (χ3v) is 5.14. The molecule has 0 heterocycles. The van der Waals surface area contributed by atoms with Crippen LogP contribution in [0.2, 0.25) is 0 Å². The van der Waals surface area contributed by atoms with Gasteiger partial charge in [-0.3, -0.25) is 14.5 Å². The molecule has 0 aliphatic rings. The standard InChI is InChI=1S/C23H31N3O2/c1-6-26(7-2)23(28)22(19-13-9-8-10-14-19)25(5)16-21(27)24-20-15-11-12-17(3)18(20)4/h8-15,22H,6-7,16H2,1-5H3,(H,24,27). The monoisotopic (exact) mass is 381 g/mol. The molecule has 1 N–H and O–H groups in total. The molecule has 150 valence electrons. The summed E-state index contributed by atoms with van der Waals surface area (Å²) < 4.78 is 0. The molecule has 2 aromatic carbocycles. The summed E-state index contributed by atoms with van der Waals surface area (Å²) >= 11 is 0. The summed E-state index contributed by atoms with van der Waals surface area (Å²) in [4.78, 5) is 29.4. The Balaban J connectivity index is 2.20. The zero-order chi connectivity index (χ0) is 20.7. The van der Waals surface area contributed by atoms with Gasteiger partial charge in [0.2, 0.25) is 11.8 Å². The fraction of sp³-hybridized carbons (Fsp3) is 0.391. The molecule has 0 spiro atoms. The maximum Gasteiger partial charge on any atom is 0.244 e. The Morgan fingerprint density at radius 2 is 1.61 bits per heavy atom. The minimum atomic E-state index is -0.495. The lowest BCUT2D eigenvalue weighted by atomic mass is 10.0. The summed E-state index contributed by atoms with van der Waals surface area (Å²) in [7, 11) is 1.82. The van der Waals surface area contributed by atoms with Gasteiger partial charge in [0.25, 0.3) is 0 Å². The first-order valence-corrected chi connectivity index (χ1v) is 9.79. The number of carbonyl (C=O) groups is 2. The van der Waals surface area contributed by atoms with E-state index in [1.165, 1.54) is 0 Å². The topological polar surface area (TPSA) is 52.7 Å². The predicted molar refractivity (Wildman–Crippen MR) is 114 cm³/mol. The number of amides is 2. The number of hydrogen-bond donors (Lipinski definition) is 1. The minimum absolute atomic E-state index is 0.0123. The summed E-state index contributed by atoms with van der Waals surface area (Å²) in [5.74, 6) is -0.122. The van der Waals surface area contributed by atoms with Gasteiger partial charge in [-0.1, -0.05) is 42.5 Å². The predicted octanol–water partition coefficient (Wildman–Crippen LogP) is 3.78. The second kappa shape index (κ2) is 10.0. The minimum Gasteiger partial charge on any atom is -0.342 e. The number of nitrogens with one attached hydrogen (secondary N) is 1. The van der Waals surface area contributed by atoms with Gasteiger partial charge in [0.15, 0.2) is 0 Å². The molecule has 0 bridgehead atoms. The van der Waals surface area contributed by atoms with Crippen molar-refractivity contribution >= 4 is 17.5 Å². The van der Waals surface area contributed by atoms with E-state index in [9.17, 15) is 9.59 Å². The number of rotatable bonds is 8. The highest BCUT2D eigenvalue weighted by Crippen LogP contribution is 2.23. The number of likely N-dealkylation sites (N-methyl/N-ethyl adjacent to an activating group) is 2. The Bertz CT molecular complexity index is 801. The van der Waals surface area contributed by atoms with Crippen LogP contribution in [0, 0.1) is 13.8 Å². The molecule has 0 saturated carbocycles. The first-order valence-electron chi connectivity index (χ1n) is 9.79. The highest BCUT2D eigenvalue weighted by Gasteiger charge is 2.29. The molecule has 0 fully saturated rings. The highest BCUT2D eigenvalue weighted by atomic mass is 16.2. The van der Waals surface area contributed by atoms with Gasteiger partial charge in [-0.15, -0.1) is 0 Å². The summed E-state index contributed by atoms with van der Waals surface area (Å²) in [6.07, 6.45) is 0. The van der Waals surface area contributed by atoms with E-state index in [-0.39, 0.29) is 18.4 Å². The van der Waals surface area contributed by atoms with E-state index in [0.29, 0.717) is 13.1 Å². The molecule has 0 radical (unpaired) electrons. The fourth-order valence-corrected chi connectivity index (χ4v) is 3.32. The van der Waals surface area contributed by atoms with E-state index in [1.807, 2.05) is 88.2 Å². The van der Waals surface area contributed by atoms with Crippen LogP contribution in [0.4, 0.5) is 5.69 Å². The van der Waals surface area contributed by atoms with Crippen molar-refractivity contribution in [3.63, 3.8) is 0 Å². The highest BCUT2D eigenvalue weighted by molar-refractivity contribution is 5.93. The van der Waals surface area contributed by atoms with Crippen LogP contribution in [0.5, 0.6) is 0 Å². The summed E-state index contributed by atoms with van der Waals surface area (Å²) in [5, 5.41) is 2.98. The molecular weight excluding hydrogens is 350 g/mol. The number of aryl methyl sites for hydroxylation is 1. The van der Waals surface area contributed by atoms with Crippen molar-refractivity contribution < 1.29 is 9.59 Å². The van der Waals surface area contributed by atoms with E-state index in [4.69, 9.17) is 0 Å². The molecule has 5 nitrogen and oxygen atoms in total. The molecule has 0 aliphatic heterocycles. The Morgan fingerprint density at radius 1 is 0.964 bits per heavy atom. The molecule has 2 aromatic rings. The normalized spacial score (nSPS) is 11.9. The van der Waals surface area contributed by atoms with E-state index < -0.39 is 6.04 Å². The van der Waals surface area contributed by atoms with Crippen LogP contribution >= 0.6 is 0 Å². The van der Waals surface area contributed by atoms with Crippen molar-refractivity contribution in [2.45, 2.75) is 33.7 Å². The fourth-order valence-electron chi connectivity index (χ4n) is 3.32. The summed E-state index contributed by atoms with van der Waals surface area (Å²) in [6.45, 7) is 9.35. The van der Waals surface area contributed by atoms with Gasteiger partial charge in [0.1, 0.15) is 6.04 Å². The van der Waals surface area contributed by atoms with Crippen LogP contribution < -0.4 is 5.32 Å². The third-order valence-electron chi connectivity index (χ3n) is 5.14. The number of nitrogens with zero attached hydrogens (tertiary/aromatic N) is 2. The van der Waals surface area contributed by atoms with E-state index >= 15 is 0 Å². The van der Waals surface area contributed by atoms with E-state index in [0.717, 1.165) is 22.4 Å². The van der Waals surface area contributed by atoms with Crippen molar-refractivity contribution in [3.8, 4) is 0 Å². The van der Waals surface area contributed by atoms with Crippen molar-refractivity contribution in [1.82, 2.24) is 9.80 Å². The molecule has 2 amide bonds. The van der Waals surface area contributed by atoms with Gasteiger partial charge in [-0.25, -0.2) is 0 Å². The van der Waals surface area contributed by atoms with E-state index in [1.54, 1.807) is 4.90 Å². The largest absolute Gasteiger partial charge is 0.342 e. The number of carbonyl (C=O) groups excluding carboxylic acids is 2. The van der Waals surface area contributed by atoms with Crippen molar-refractivity contribution in [2.24, 2.45) is 0 Å².